The van der Waals surface area contributed by atoms with Gasteiger partial charge in [-0.3, -0.25) is 4.74 Å². The molecule has 0 radical (unpaired) electrons. The van der Waals surface area contributed by atoms with Crippen LogP contribution in [0.2, 0.25) is 0 Å². The molecule has 0 aliphatic rings. The Morgan fingerprint density at radius 3 is 2.47 bits per heavy atom. The fourth-order valence-corrected chi connectivity index (χ4v) is 1.30. The average molecular weight is 249 g/mol. The Balaban J connectivity index is 2.47. The lowest BCUT2D eigenvalue weighted by molar-refractivity contribution is -0.325. The van der Waals surface area contributed by atoms with Gasteiger partial charge in [0.2, 0.25) is 0 Å². The van der Waals surface area contributed by atoms with E-state index in [2.05, 4.69) is 4.74 Å². The summed E-state index contributed by atoms with van der Waals surface area (Å²) in [6.07, 6.45) is -4.62. The molecule has 17 heavy (non-hydrogen) atoms. The van der Waals surface area contributed by atoms with Crippen molar-refractivity contribution in [2.75, 3.05) is 13.2 Å². The van der Waals surface area contributed by atoms with Crippen molar-refractivity contribution >= 4 is 0 Å². The lowest BCUT2D eigenvalue weighted by Gasteiger charge is -2.14. The van der Waals surface area contributed by atoms with E-state index in [1.807, 2.05) is 0 Å². The molecule has 0 bridgehead atoms. The predicted molar refractivity (Wildman–Crippen MR) is 56.5 cm³/mol. The van der Waals surface area contributed by atoms with Crippen LogP contribution in [-0.4, -0.2) is 19.6 Å². The van der Waals surface area contributed by atoms with E-state index in [1.54, 1.807) is 31.2 Å². The van der Waals surface area contributed by atoms with E-state index in [0.717, 1.165) is 5.56 Å². The summed E-state index contributed by atoms with van der Waals surface area (Å²) in [7, 11) is 0. The second-order valence-electron chi connectivity index (χ2n) is 3.47. The van der Waals surface area contributed by atoms with Crippen molar-refractivity contribution in [1.82, 2.24) is 0 Å². The highest BCUT2D eigenvalue weighted by atomic mass is 19.4. The summed E-state index contributed by atoms with van der Waals surface area (Å²) >= 11 is 0. The zero-order valence-electron chi connectivity index (χ0n) is 9.33. The topological polar surface area (TPSA) is 44.5 Å². The first-order valence-corrected chi connectivity index (χ1v) is 5.08. The standard InChI is InChI=1S/C11H14F3NO2/c1-8(15)9-4-2-3-5-10(9)16-6-7-17-11(12,13)14/h2-5,8H,6-7,15H2,1H3/t8-/m0/s1. The van der Waals surface area contributed by atoms with E-state index in [1.165, 1.54) is 0 Å². The molecule has 0 saturated heterocycles. The third-order valence-electron chi connectivity index (χ3n) is 2.02. The summed E-state index contributed by atoms with van der Waals surface area (Å²) in [5, 5.41) is 0. The maximum absolute atomic E-state index is 11.7. The molecule has 96 valence electrons. The summed E-state index contributed by atoms with van der Waals surface area (Å²) in [5.74, 6) is 0.480. The summed E-state index contributed by atoms with van der Waals surface area (Å²) < 4.78 is 43.9. The Morgan fingerprint density at radius 2 is 1.88 bits per heavy atom. The van der Waals surface area contributed by atoms with Gasteiger partial charge in [0, 0.05) is 11.6 Å². The highest BCUT2D eigenvalue weighted by molar-refractivity contribution is 5.35. The van der Waals surface area contributed by atoms with Gasteiger partial charge < -0.3 is 10.5 Å². The normalized spacial score (nSPS) is 13.5. The molecule has 2 N–H and O–H groups in total. The van der Waals surface area contributed by atoms with E-state index >= 15 is 0 Å². The van der Waals surface area contributed by atoms with Crippen molar-refractivity contribution in [3.05, 3.63) is 29.8 Å². The van der Waals surface area contributed by atoms with Gasteiger partial charge in [0.1, 0.15) is 12.4 Å². The van der Waals surface area contributed by atoms with Crippen LogP contribution in [0, 0.1) is 0 Å². The van der Waals surface area contributed by atoms with Gasteiger partial charge in [-0.25, -0.2) is 0 Å². The number of nitrogens with two attached hydrogens (primary N) is 1. The van der Waals surface area contributed by atoms with Crippen molar-refractivity contribution in [3.63, 3.8) is 0 Å². The van der Waals surface area contributed by atoms with E-state index < -0.39 is 13.0 Å². The molecule has 0 saturated carbocycles. The molecule has 1 rings (SSSR count). The number of halogens is 3. The number of hydrogen-bond acceptors (Lipinski definition) is 3. The molecule has 0 spiro atoms. The Labute approximate surface area is 97.3 Å². The maximum atomic E-state index is 11.7. The van der Waals surface area contributed by atoms with Crippen molar-refractivity contribution in [2.45, 2.75) is 19.3 Å². The van der Waals surface area contributed by atoms with E-state index in [4.69, 9.17) is 10.5 Å². The molecule has 0 amide bonds. The van der Waals surface area contributed by atoms with Gasteiger partial charge in [-0.1, -0.05) is 18.2 Å². The number of hydrogen-bond donors (Lipinski definition) is 1. The van der Waals surface area contributed by atoms with Crippen molar-refractivity contribution in [1.29, 1.82) is 0 Å². The van der Waals surface area contributed by atoms with Crippen LogP contribution in [0.25, 0.3) is 0 Å². The maximum Gasteiger partial charge on any atom is 0.522 e. The minimum atomic E-state index is -4.62. The SMILES string of the molecule is C[C@H](N)c1ccccc1OCCOC(F)(F)F. The molecule has 1 atom stereocenters. The van der Waals surface area contributed by atoms with Crippen molar-refractivity contribution in [2.24, 2.45) is 5.73 Å². The van der Waals surface area contributed by atoms with Crippen LogP contribution >= 0.6 is 0 Å². The van der Waals surface area contributed by atoms with Crippen LogP contribution in [0.3, 0.4) is 0 Å². The highest BCUT2D eigenvalue weighted by Gasteiger charge is 2.28. The molecular formula is C11H14F3NO2. The Morgan fingerprint density at radius 1 is 1.24 bits per heavy atom. The Hall–Kier alpha value is -1.27. The quantitative estimate of drug-likeness (QED) is 0.816. The molecule has 3 nitrogen and oxygen atoms in total. The molecule has 0 heterocycles. The summed E-state index contributed by atoms with van der Waals surface area (Å²) in [5.41, 5.74) is 6.45. The van der Waals surface area contributed by atoms with Crippen LogP contribution in [0.15, 0.2) is 24.3 Å². The van der Waals surface area contributed by atoms with Crippen LogP contribution in [0.4, 0.5) is 13.2 Å². The number of rotatable bonds is 5. The zero-order chi connectivity index (χ0) is 12.9. The van der Waals surface area contributed by atoms with Crippen molar-refractivity contribution in [3.8, 4) is 5.75 Å². The first-order chi connectivity index (χ1) is 7.90. The highest BCUT2D eigenvalue weighted by Crippen LogP contribution is 2.23. The van der Waals surface area contributed by atoms with Gasteiger partial charge in [0.05, 0.1) is 6.61 Å². The second-order valence-corrected chi connectivity index (χ2v) is 3.47. The minimum Gasteiger partial charge on any atom is -0.491 e. The third-order valence-corrected chi connectivity index (χ3v) is 2.02. The number of alkyl halides is 3. The van der Waals surface area contributed by atoms with Gasteiger partial charge in [-0.05, 0) is 13.0 Å². The Kier molecular flexibility index (Phi) is 4.77. The van der Waals surface area contributed by atoms with Gasteiger partial charge >= 0.3 is 6.36 Å². The van der Waals surface area contributed by atoms with Crippen LogP contribution in [0.1, 0.15) is 18.5 Å². The predicted octanol–water partition coefficient (Wildman–Crippen LogP) is 2.62. The summed E-state index contributed by atoms with van der Waals surface area (Å²) in [4.78, 5) is 0. The third kappa shape index (κ3) is 5.06. The largest absolute Gasteiger partial charge is 0.522 e. The number of para-hydroxylation sites is 1. The molecule has 0 aliphatic heterocycles. The first-order valence-electron chi connectivity index (χ1n) is 5.08. The lowest BCUT2D eigenvalue weighted by atomic mass is 10.1. The monoisotopic (exact) mass is 249 g/mol. The Bertz CT molecular complexity index is 353. The fraction of sp³-hybridized carbons (Fsp3) is 0.455. The van der Waals surface area contributed by atoms with Crippen LogP contribution in [0.5, 0.6) is 5.75 Å². The molecule has 0 unspecified atom stereocenters. The van der Waals surface area contributed by atoms with Gasteiger partial charge in [0.15, 0.2) is 0 Å². The van der Waals surface area contributed by atoms with Crippen LogP contribution in [-0.2, 0) is 4.74 Å². The fourth-order valence-electron chi connectivity index (χ4n) is 1.30. The van der Waals surface area contributed by atoms with Gasteiger partial charge in [0.25, 0.3) is 0 Å². The van der Waals surface area contributed by atoms with Gasteiger partial charge in [-0.15, -0.1) is 13.2 Å². The molecular weight excluding hydrogens is 235 g/mol. The summed E-state index contributed by atoms with van der Waals surface area (Å²) in [6, 6.07) is 6.70. The molecule has 6 heteroatoms. The van der Waals surface area contributed by atoms with E-state index in [0.29, 0.717) is 5.75 Å². The average Bonchev–Trinajstić information content (AvgIpc) is 2.23. The van der Waals surface area contributed by atoms with Crippen LogP contribution < -0.4 is 10.5 Å². The van der Waals surface area contributed by atoms with E-state index in [9.17, 15) is 13.2 Å². The number of ether oxygens (including phenoxy) is 2. The van der Waals surface area contributed by atoms with Gasteiger partial charge in [-0.2, -0.15) is 0 Å². The smallest absolute Gasteiger partial charge is 0.491 e. The molecule has 1 aromatic rings. The minimum absolute atomic E-state index is 0.177. The summed E-state index contributed by atoms with van der Waals surface area (Å²) in [6.45, 7) is 1.05. The molecule has 0 aromatic heterocycles. The van der Waals surface area contributed by atoms with Crippen molar-refractivity contribution < 1.29 is 22.6 Å². The first kappa shape index (κ1) is 13.8. The molecule has 0 aliphatic carbocycles. The molecule has 0 fully saturated rings. The van der Waals surface area contributed by atoms with E-state index in [-0.39, 0.29) is 12.6 Å². The molecule has 1 aromatic carbocycles. The number of benzene rings is 1. The second kappa shape index (κ2) is 5.88. The zero-order valence-corrected chi connectivity index (χ0v) is 9.33. The lowest BCUT2D eigenvalue weighted by Crippen LogP contribution is -2.18.